The summed E-state index contributed by atoms with van der Waals surface area (Å²) in [6.45, 7) is 1.76. The lowest BCUT2D eigenvalue weighted by Gasteiger charge is -2.04. The van der Waals surface area contributed by atoms with Crippen LogP contribution in [-0.2, 0) is 4.79 Å². The third kappa shape index (κ3) is 4.01. The van der Waals surface area contributed by atoms with Crippen LogP contribution in [0.5, 0.6) is 0 Å². The first-order chi connectivity index (χ1) is 10.1. The van der Waals surface area contributed by atoms with Crippen molar-refractivity contribution in [1.29, 1.82) is 0 Å². The van der Waals surface area contributed by atoms with E-state index in [1.54, 1.807) is 19.1 Å². The van der Waals surface area contributed by atoms with Crippen molar-refractivity contribution in [3.05, 3.63) is 75.8 Å². The molecule has 0 heterocycles. The van der Waals surface area contributed by atoms with Crippen molar-refractivity contribution >= 4 is 23.4 Å². The number of carbonyl (C=O) groups is 1. The molecule has 0 aliphatic carbocycles. The molecular weight excluding hydrogens is 268 g/mol. The SMILES string of the molecule is Cc1ccc(NC(=O)/C=C/c2ccccc2)c([N+](=O)[O-])c1. The van der Waals surface area contributed by atoms with Crippen molar-refractivity contribution in [3.63, 3.8) is 0 Å². The Morgan fingerprint density at radius 1 is 1.19 bits per heavy atom. The third-order valence-electron chi connectivity index (χ3n) is 2.83. The zero-order valence-electron chi connectivity index (χ0n) is 11.4. The summed E-state index contributed by atoms with van der Waals surface area (Å²) in [4.78, 5) is 22.3. The number of nitro groups is 1. The maximum atomic E-state index is 11.8. The minimum atomic E-state index is -0.510. The summed E-state index contributed by atoms with van der Waals surface area (Å²) in [7, 11) is 0. The van der Waals surface area contributed by atoms with E-state index in [1.807, 2.05) is 30.3 Å². The molecule has 0 radical (unpaired) electrons. The van der Waals surface area contributed by atoms with Crippen LogP contribution in [0.3, 0.4) is 0 Å². The molecule has 0 bridgehead atoms. The molecule has 21 heavy (non-hydrogen) atoms. The number of hydrogen-bond acceptors (Lipinski definition) is 3. The van der Waals surface area contributed by atoms with Crippen molar-refractivity contribution < 1.29 is 9.72 Å². The summed E-state index contributed by atoms with van der Waals surface area (Å²) < 4.78 is 0. The smallest absolute Gasteiger partial charge is 0.293 e. The largest absolute Gasteiger partial charge is 0.317 e. The molecule has 0 saturated heterocycles. The fourth-order valence-corrected chi connectivity index (χ4v) is 1.81. The normalized spacial score (nSPS) is 10.5. The van der Waals surface area contributed by atoms with Gasteiger partial charge in [0.05, 0.1) is 4.92 Å². The number of nitro benzene ring substituents is 1. The Morgan fingerprint density at radius 3 is 2.57 bits per heavy atom. The summed E-state index contributed by atoms with van der Waals surface area (Å²) >= 11 is 0. The lowest BCUT2D eigenvalue weighted by atomic mass is 10.2. The average molecular weight is 282 g/mol. The second-order valence-electron chi connectivity index (χ2n) is 4.51. The van der Waals surface area contributed by atoms with Crippen LogP contribution >= 0.6 is 0 Å². The molecule has 1 amide bonds. The topological polar surface area (TPSA) is 72.2 Å². The van der Waals surface area contributed by atoms with Gasteiger partial charge in [0.1, 0.15) is 5.69 Å². The molecule has 0 fully saturated rings. The van der Waals surface area contributed by atoms with Crippen LogP contribution in [0.15, 0.2) is 54.6 Å². The zero-order chi connectivity index (χ0) is 15.2. The van der Waals surface area contributed by atoms with Gasteiger partial charge in [0.15, 0.2) is 0 Å². The molecule has 0 aliphatic heterocycles. The van der Waals surface area contributed by atoms with E-state index in [4.69, 9.17) is 0 Å². The molecule has 0 aromatic heterocycles. The predicted molar refractivity (Wildman–Crippen MR) is 81.9 cm³/mol. The molecule has 106 valence electrons. The summed E-state index contributed by atoms with van der Waals surface area (Å²) in [5.74, 6) is -0.411. The number of rotatable bonds is 4. The third-order valence-corrected chi connectivity index (χ3v) is 2.83. The fourth-order valence-electron chi connectivity index (χ4n) is 1.81. The maximum Gasteiger partial charge on any atom is 0.293 e. The first-order valence-electron chi connectivity index (χ1n) is 6.35. The number of amides is 1. The predicted octanol–water partition coefficient (Wildman–Crippen LogP) is 3.56. The van der Waals surface area contributed by atoms with Gasteiger partial charge in [-0.25, -0.2) is 0 Å². The molecule has 0 atom stereocenters. The van der Waals surface area contributed by atoms with Gasteiger partial charge in [-0.1, -0.05) is 36.4 Å². The van der Waals surface area contributed by atoms with Crippen LogP contribution in [0.25, 0.3) is 6.08 Å². The van der Waals surface area contributed by atoms with Crippen molar-refractivity contribution in [1.82, 2.24) is 0 Å². The van der Waals surface area contributed by atoms with Crippen LogP contribution in [-0.4, -0.2) is 10.8 Å². The van der Waals surface area contributed by atoms with Crippen LogP contribution < -0.4 is 5.32 Å². The number of hydrogen-bond donors (Lipinski definition) is 1. The molecule has 1 N–H and O–H groups in total. The minimum Gasteiger partial charge on any atom is -0.317 e. The number of nitrogens with one attached hydrogen (secondary N) is 1. The number of anilines is 1. The lowest BCUT2D eigenvalue weighted by Crippen LogP contribution is -2.09. The van der Waals surface area contributed by atoms with E-state index in [0.717, 1.165) is 11.1 Å². The lowest BCUT2D eigenvalue weighted by molar-refractivity contribution is -0.384. The van der Waals surface area contributed by atoms with Gasteiger partial charge in [-0.05, 0) is 30.2 Å². The van der Waals surface area contributed by atoms with Crippen molar-refractivity contribution in [2.45, 2.75) is 6.92 Å². The highest BCUT2D eigenvalue weighted by Crippen LogP contribution is 2.25. The first-order valence-corrected chi connectivity index (χ1v) is 6.35. The quantitative estimate of drug-likeness (QED) is 0.529. The van der Waals surface area contributed by atoms with Gasteiger partial charge in [0.25, 0.3) is 5.69 Å². The van der Waals surface area contributed by atoms with Crippen molar-refractivity contribution in [2.75, 3.05) is 5.32 Å². The number of carbonyl (C=O) groups excluding carboxylic acids is 1. The summed E-state index contributed by atoms with van der Waals surface area (Å²) in [6, 6.07) is 14.0. The zero-order valence-corrected chi connectivity index (χ0v) is 11.4. The summed E-state index contributed by atoms with van der Waals surface area (Å²) in [6.07, 6.45) is 2.99. The van der Waals surface area contributed by atoms with E-state index in [-0.39, 0.29) is 11.4 Å². The molecular formula is C16H14N2O3. The van der Waals surface area contributed by atoms with Crippen LogP contribution in [0, 0.1) is 17.0 Å². The van der Waals surface area contributed by atoms with Crippen molar-refractivity contribution in [2.24, 2.45) is 0 Å². The highest BCUT2D eigenvalue weighted by molar-refractivity contribution is 6.03. The second kappa shape index (κ2) is 6.47. The Bertz CT molecular complexity index is 694. The Morgan fingerprint density at radius 2 is 1.90 bits per heavy atom. The Hall–Kier alpha value is -2.95. The molecule has 5 heteroatoms. The van der Waals surface area contributed by atoms with E-state index in [1.165, 1.54) is 18.2 Å². The molecule has 2 aromatic carbocycles. The molecule has 0 aliphatic rings. The first kappa shape index (κ1) is 14.5. The van der Waals surface area contributed by atoms with Gasteiger partial charge < -0.3 is 5.32 Å². The molecule has 5 nitrogen and oxygen atoms in total. The molecule has 0 saturated carbocycles. The number of aryl methyl sites for hydroxylation is 1. The van der Waals surface area contributed by atoms with Gasteiger partial charge in [-0.15, -0.1) is 0 Å². The Balaban J connectivity index is 2.13. The van der Waals surface area contributed by atoms with Crippen molar-refractivity contribution in [3.8, 4) is 0 Å². The average Bonchev–Trinajstić information content (AvgIpc) is 2.48. The number of nitrogens with zero attached hydrogens (tertiary/aromatic N) is 1. The van der Waals surface area contributed by atoms with Gasteiger partial charge in [-0.2, -0.15) is 0 Å². The van der Waals surface area contributed by atoms with Gasteiger partial charge in [0, 0.05) is 12.1 Å². The number of benzene rings is 2. The highest BCUT2D eigenvalue weighted by Gasteiger charge is 2.14. The summed E-state index contributed by atoms with van der Waals surface area (Å²) in [5.41, 5.74) is 1.72. The van der Waals surface area contributed by atoms with E-state index in [0.29, 0.717) is 0 Å². The molecule has 2 rings (SSSR count). The van der Waals surface area contributed by atoms with E-state index in [2.05, 4.69) is 5.32 Å². The maximum absolute atomic E-state index is 11.8. The van der Waals surface area contributed by atoms with Crippen LogP contribution in [0.2, 0.25) is 0 Å². The molecule has 0 unspecified atom stereocenters. The molecule has 0 spiro atoms. The highest BCUT2D eigenvalue weighted by atomic mass is 16.6. The van der Waals surface area contributed by atoms with E-state index < -0.39 is 10.8 Å². The molecule has 2 aromatic rings. The van der Waals surface area contributed by atoms with E-state index in [9.17, 15) is 14.9 Å². The summed E-state index contributed by atoms with van der Waals surface area (Å²) in [5, 5.41) is 13.5. The minimum absolute atomic E-state index is 0.114. The van der Waals surface area contributed by atoms with Gasteiger partial charge >= 0.3 is 0 Å². The Labute approximate surface area is 122 Å². The van der Waals surface area contributed by atoms with Gasteiger partial charge in [-0.3, -0.25) is 14.9 Å². The standard InChI is InChI=1S/C16H14N2O3/c1-12-7-9-14(15(11-12)18(20)21)17-16(19)10-8-13-5-3-2-4-6-13/h2-11H,1H3,(H,17,19)/b10-8+. The van der Waals surface area contributed by atoms with Crippen LogP contribution in [0.1, 0.15) is 11.1 Å². The second-order valence-corrected chi connectivity index (χ2v) is 4.51. The Kier molecular flexibility index (Phi) is 4.46. The monoisotopic (exact) mass is 282 g/mol. The van der Waals surface area contributed by atoms with Crippen LogP contribution in [0.4, 0.5) is 11.4 Å². The van der Waals surface area contributed by atoms with E-state index >= 15 is 0 Å². The fraction of sp³-hybridized carbons (Fsp3) is 0.0625. The van der Waals surface area contributed by atoms with Gasteiger partial charge in [0.2, 0.25) is 5.91 Å².